The molecule has 1 rings (SSSR count). The highest BCUT2D eigenvalue weighted by Gasteiger charge is 2.28. The van der Waals surface area contributed by atoms with Crippen molar-refractivity contribution in [2.45, 2.75) is 37.9 Å². The molecule has 0 amide bonds. The second-order valence-corrected chi connectivity index (χ2v) is 6.26. The molecule has 1 aliphatic rings. The lowest BCUT2D eigenvalue weighted by molar-refractivity contribution is 0.145. The van der Waals surface area contributed by atoms with Crippen LogP contribution in [0.4, 0.5) is 0 Å². The minimum absolute atomic E-state index is 0.303. The van der Waals surface area contributed by atoms with E-state index >= 15 is 0 Å². The number of hydrogen-bond donors (Lipinski definition) is 2. The summed E-state index contributed by atoms with van der Waals surface area (Å²) in [6.07, 6.45) is 3.52. The first kappa shape index (κ1) is 14.6. The molecule has 0 aromatic rings. The zero-order valence-electron chi connectivity index (χ0n) is 11.0. The van der Waals surface area contributed by atoms with Gasteiger partial charge in [0.1, 0.15) is 0 Å². The molecule has 0 spiro atoms. The number of hydrogen-bond acceptors (Lipinski definition) is 3. The largest absolute Gasteiger partial charge is 0.382 e. The van der Waals surface area contributed by atoms with Crippen molar-refractivity contribution in [1.82, 2.24) is 5.32 Å². The molecule has 1 aliphatic heterocycles. The van der Waals surface area contributed by atoms with E-state index in [4.69, 9.17) is 10.5 Å². The van der Waals surface area contributed by atoms with Gasteiger partial charge in [0.2, 0.25) is 0 Å². The molecule has 0 bridgehead atoms. The van der Waals surface area contributed by atoms with Gasteiger partial charge >= 0.3 is 0 Å². The van der Waals surface area contributed by atoms with Gasteiger partial charge in [0.05, 0.1) is 6.54 Å². The Kier molecular flexibility index (Phi) is 6.73. The van der Waals surface area contributed by atoms with Crippen molar-refractivity contribution in [1.29, 1.82) is 0 Å². The summed E-state index contributed by atoms with van der Waals surface area (Å²) in [7, 11) is 0. The maximum atomic E-state index is 5.81. The van der Waals surface area contributed by atoms with Crippen LogP contribution in [0.25, 0.3) is 0 Å². The van der Waals surface area contributed by atoms with E-state index in [-0.39, 0.29) is 0 Å². The summed E-state index contributed by atoms with van der Waals surface area (Å²) < 4.78 is 5.55. The molecule has 1 atom stereocenters. The van der Waals surface area contributed by atoms with Gasteiger partial charge in [-0.25, -0.2) is 0 Å². The van der Waals surface area contributed by atoms with E-state index in [9.17, 15) is 0 Å². The normalized spacial score (nSPS) is 25.2. The van der Waals surface area contributed by atoms with Crippen molar-refractivity contribution in [3.05, 3.63) is 0 Å². The summed E-state index contributed by atoms with van der Waals surface area (Å²) in [5, 5.41) is 3.12. The van der Waals surface area contributed by atoms with Crippen LogP contribution in [0.3, 0.4) is 0 Å². The molecule has 17 heavy (non-hydrogen) atoms. The number of aliphatic imine (C=N–C) groups is 1. The van der Waals surface area contributed by atoms with Crippen LogP contribution in [-0.4, -0.2) is 42.8 Å². The first-order valence-electron chi connectivity index (χ1n) is 6.42. The highest BCUT2D eigenvalue weighted by atomic mass is 32.2. The van der Waals surface area contributed by atoms with Gasteiger partial charge in [-0.2, -0.15) is 11.8 Å². The van der Waals surface area contributed by atoms with Gasteiger partial charge in [-0.1, -0.05) is 0 Å². The van der Waals surface area contributed by atoms with E-state index in [1.807, 2.05) is 18.7 Å². The fourth-order valence-corrected chi connectivity index (χ4v) is 3.03. The van der Waals surface area contributed by atoms with Gasteiger partial charge in [-0.3, -0.25) is 4.99 Å². The number of nitrogens with two attached hydrogens (primary N) is 1. The zero-order valence-corrected chi connectivity index (χ0v) is 11.8. The fourth-order valence-electron chi connectivity index (χ4n) is 1.80. The van der Waals surface area contributed by atoms with E-state index in [0.717, 1.165) is 32.7 Å². The number of rotatable bonds is 7. The predicted molar refractivity (Wildman–Crippen MR) is 75.7 cm³/mol. The van der Waals surface area contributed by atoms with E-state index < -0.39 is 0 Å². The van der Waals surface area contributed by atoms with Gasteiger partial charge < -0.3 is 15.8 Å². The number of nitrogens with one attached hydrogen (secondary N) is 1. The van der Waals surface area contributed by atoms with Crippen LogP contribution >= 0.6 is 11.8 Å². The van der Waals surface area contributed by atoms with Crippen LogP contribution < -0.4 is 11.1 Å². The summed E-state index contributed by atoms with van der Waals surface area (Å²) in [5.41, 5.74) is 5.81. The quantitative estimate of drug-likeness (QED) is 0.414. The van der Waals surface area contributed by atoms with Gasteiger partial charge in [-0.15, -0.1) is 0 Å². The lowest BCUT2D eigenvalue weighted by Gasteiger charge is -2.19. The van der Waals surface area contributed by atoms with E-state index in [1.54, 1.807) is 0 Å². The summed E-state index contributed by atoms with van der Waals surface area (Å²) >= 11 is 2.01. The number of thioether (sulfide) groups is 1. The molecule has 0 aliphatic carbocycles. The maximum Gasteiger partial charge on any atom is 0.188 e. The van der Waals surface area contributed by atoms with Crippen molar-refractivity contribution >= 4 is 17.7 Å². The molecule has 0 aromatic heterocycles. The summed E-state index contributed by atoms with van der Waals surface area (Å²) in [5.74, 6) is 1.82. The van der Waals surface area contributed by atoms with Crippen molar-refractivity contribution in [2.24, 2.45) is 10.7 Å². The highest BCUT2D eigenvalue weighted by molar-refractivity contribution is 8.00. The van der Waals surface area contributed by atoms with Crippen LogP contribution in [0.1, 0.15) is 33.1 Å². The molecule has 0 aromatic carbocycles. The predicted octanol–water partition coefficient (Wildman–Crippen LogP) is 1.60. The summed E-state index contributed by atoms with van der Waals surface area (Å²) in [4.78, 5) is 4.42. The molecule has 3 N–H and O–H groups in total. The van der Waals surface area contributed by atoms with Crippen LogP contribution in [0.5, 0.6) is 0 Å². The van der Waals surface area contributed by atoms with E-state index in [1.165, 1.54) is 18.6 Å². The molecule has 1 unspecified atom stereocenters. The smallest absolute Gasteiger partial charge is 0.188 e. The Labute approximate surface area is 109 Å². The van der Waals surface area contributed by atoms with Gasteiger partial charge in [0.15, 0.2) is 5.96 Å². The van der Waals surface area contributed by atoms with Crippen LogP contribution in [0, 0.1) is 0 Å². The van der Waals surface area contributed by atoms with Gasteiger partial charge in [0.25, 0.3) is 0 Å². The maximum absolute atomic E-state index is 5.81. The topological polar surface area (TPSA) is 59.6 Å². The molecule has 4 nitrogen and oxygen atoms in total. The molecule has 100 valence electrons. The monoisotopic (exact) mass is 259 g/mol. The number of guanidine groups is 1. The minimum Gasteiger partial charge on any atom is -0.382 e. The Morgan fingerprint density at radius 2 is 2.41 bits per heavy atom. The van der Waals surface area contributed by atoms with E-state index in [0.29, 0.717) is 10.7 Å². The molecule has 1 fully saturated rings. The van der Waals surface area contributed by atoms with E-state index in [2.05, 4.69) is 17.2 Å². The van der Waals surface area contributed by atoms with Crippen LogP contribution in [0.2, 0.25) is 0 Å². The minimum atomic E-state index is 0.303. The highest BCUT2D eigenvalue weighted by Crippen LogP contribution is 2.37. The molecule has 0 saturated carbocycles. The number of nitrogens with zero attached hydrogens (tertiary/aromatic N) is 1. The fraction of sp³-hybridized carbons (Fsp3) is 0.917. The third kappa shape index (κ3) is 6.17. The SMILES string of the molecule is CCOCCCNC(N)=NCC1(C)CCCS1. The summed E-state index contributed by atoms with van der Waals surface area (Å²) in [6, 6.07) is 0. The average molecular weight is 259 g/mol. The van der Waals surface area contributed by atoms with Gasteiger partial charge in [-0.05, 0) is 38.9 Å². The van der Waals surface area contributed by atoms with Crippen LogP contribution in [0.15, 0.2) is 4.99 Å². The average Bonchev–Trinajstić information content (AvgIpc) is 2.74. The number of ether oxygens (including phenoxy) is 1. The molecule has 1 heterocycles. The third-order valence-electron chi connectivity index (χ3n) is 2.86. The van der Waals surface area contributed by atoms with Crippen molar-refractivity contribution in [2.75, 3.05) is 32.1 Å². The Morgan fingerprint density at radius 1 is 1.59 bits per heavy atom. The summed E-state index contributed by atoms with van der Waals surface area (Å²) in [6.45, 7) is 7.49. The van der Waals surface area contributed by atoms with Crippen molar-refractivity contribution < 1.29 is 4.74 Å². The molecule has 0 radical (unpaired) electrons. The lowest BCUT2D eigenvalue weighted by Crippen LogP contribution is -2.34. The lowest BCUT2D eigenvalue weighted by atomic mass is 10.1. The second kappa shape index (κ2) is 7.82. The zero-order chi connectivity index (χ0) is 12.6. The van der Waals surface area contributed by atoms with Crippen LogP contribution in [-0.2, 0) is 4.74 Å². The Balaban J connectivity index is 2.11. The standard InChI is InChI=1S/C12H25N3OS/c1-3-16-8-5-7-14-11(13)15-10-12(2)6-4-9-17-12/h3-10H2,1-2H3,(H3,13,14,15). The molecular weight excluding hydrogens is 234 g/mol. The first-order valence-corrected chi connectivity index (χ1v) is 7.40. The third-order valence-corrected chi connectivity index (χ3v) is 4.38. The van der Waals surface area contributed by atoms with Crippen molar-refractivity contribution in [3.63, 3.8) is 0 Å². The Morgan fingerprint density at radius 3 is 3.06 bits per heavy atom. The molecule has 1 saturated heterocycles. The first-order chi connectivity index (χ1) is 8.16. The molecule has 5 heteroatoms. The Bertz CT molecular complexity index is 240. The van der Waals surface area contributed by atoms with Crippen molar-refractivity contribution in [3.8, 4) is 0 Å². The second-order valence-electron chi connectivity index (χ2n) is 4.58. The van der Waals surface area contributed by atoms with Gasteiger partial charge in [0, 0.05) is 24.5 Å². The Hall–Kier alpha value is -0.420. The molecular formula is C12H25N3OS.